The van der Waals surface area contributed by atoms with Crippen LogP contribution < -0.4 is 5.32 Å². The highest BCUT2D eigenvalue weighted by atomic mass is 16.5. The molecule has 3 nitrogen and oxygen atoms in total. The summed E-state index contributed by atoms with van der Waals surface area (Å²) in [5.74, 6) is -0.139. The number of carbonyl (C=O) groups is 1. The van der Waals surface area contributed by atoms with Crippen LogP contribution in [0.4, 0.5) is 0 Å². The minimum absolute atomic E-state index is 0.0477. The second kappa shape index (κ2) is 6.61. The van der Waals surface area contributed by atoms with E-state index in [1.165, 1.54) is 0 Å². The van der Waals surface area contributed by atoms with Crippen LogP contribution in [0.3, 0.4) is 0 Å². The quantitative estimate of drug-likeness (QED) is 0.422. The standard InChI is InChI=1S/C6H12BNO2/c1-2-10-4-3-8-6(9)5-7/h2-5H2,1H3,(H,8,9). The SMILES string of the molecule is [B]CC(=O)NCCOCC. The van der Waals surface area contributed by atoms with Crippen molar-refractivity contribution in [2.75, 3.05) is 19.8 Å². The molecule has 0 bridgehead atoms. The van der Waals surface area contributed by atoms with Crippen molar-refractivity contribution in [1.82, 2.24) is 5.32 Å². The van der Waals surface area contributed by atoms with E-state index in [-0.39, 0.29) is 12.2 Å². The predicted octanol–water partition coefficient (Wildman–Crippen LogP) is -0.274. The van der Waals surface area contributed by atoms with Gasteiger partial charge in [-0.3, -0.25) is 4.79 Å². The Kier molecular flexibility index (Phi) is 6.28. The van der Waals surface area contributed by atoms with E-state index < -0.39 is 0 Å². The fraction of sp³-hybridized carbons (Fsp3) is 0.833. The van der Waals surface area contributed by atoms with Crippen LogP contribution in [0.25, 0.3) is 0 Å². The summed E-state index contributed by atoms with van der Waals surface area (Å²) < 4.78 is 4.97. The molecule has 0 aromatic carbocycles. The molecule has 0 saturated heterocycles. The van der Waals surface area contributed by atoms with E-state index in [4.69, 9.17) is 12.6 Å². The Morgan fingerprint density at radius 1 is 1.70 bits per heavy atom. The molecule has 0 unspecified atom stereocenters. The maximum absolute atomic E-state index is 10.5. The van der Waals surface area contributed by atoms with Crippen molar-refractivity contribution in [2.24, 2.45) is 0 Å². The van der Waals surface area contributed by atoms with Gasteiger partial charge in [0.2, 0.25) is 5.91 Å². The van der Waals surface area contributed by atoms with Crippen molar-refractivity contribution in [3.05, 3.63) is 0 Å². The summed E-state index contributed by atoms with van der Waals surface area (Å²) in [6.07, 6.45) is 0.0477. The number of carbonyl (C=O) groups excluding carboxylic acids is 1. The number of rotatable bonds is 5. The maximum Gasteiger partial charge on any atom is 0.211 e. The molecule has 1 N–H and O–H groups in total. The van der Waals surface area contributed by atoms with Crippen molar-refractivity contribution in [3.63, 3.8) is 0 Å². The molecule has 0 atom stereocenters. The summed E-state index contributed by atoms with van der Waals surface area (Å²) in [4.78, 5) is 10.5. The Labute approximate surface area is 62.5 Å². The zero-order valence-electron chi connectivity index (χ0n) is 6.22. The van der Waals surface area contributed by atoms with E-state index in [1.807, 2.05) is 6.92 Å². The molecule has 56 valence electrons. The van der Waals surface area contributed by atoms with Gasteiger partial charge in [0.1, 0.15) is 0 Å². The first-order valence-electron chi connectivity index (χ1n) is 3.35. The van der Waals surface area contributed by atoms with Crippen LogP contribution in [0.2, 0.25) is 6.32 Å². The van der Waals surface area contributed by atoms with Crippen LogP contribution in [-0.2, 0) is 9.53 Å². The highest BCUT2D eigenvalue weighted by Crippen LogP contribution is 1.73. The fourth-order valence-corrected chi connectivity index (χ4v) is 0.479. The van der Waals surface area contributed by atoms with Gasteiger partial charge in [-0.05, 0) is 13.2 Å². The molecule has 0 heterocycles. The zero-order chi connectivity index (χ0) is 7.82. The third-order valence-corrected chi connectivity index (χ3v) is 0.958. The normalized spacial score (nSPS) is 9.30. The average Bonchev–Trinajstić information content (AvgIpc) is 1.98. The topological polar surface area (TPSA) is 38.3 Å². The average molecular weight is 141 g/mol. The summed E-state index contributed by atoms with van der Waals surface area (Å²) in [5, 5.41) is 2.58. The lowest BCUT2D eigenvalue weighted by Gasteiger charge is -2.02. The first-order valence-corrected chi connectivity index (χ1v) is 3.35. The third-order valence-electron chi connectivity index (χ3n) is 0.958. The van der Waals surface area contributed by atoms with Gasteiger partial charge in [-0.25, -0.2) is 0 Å². The van der Waals surface area contributed by atoms with Crippen molar-refractivity contribution < 1.29 is 9.53 Å². The molecule has 0 aliphatic carbocycles. The lowest BCUT2D eigenvalue weighted by Crippen LogP contribution is -2.26. The lowest BCUT2D eigenvalue weighted by molar-refractivity contribution is -0.119. The summed E-state index contributed by atoms with van der Waals surface area (Å²) in [6.45, 7) is 3.69. The van der Waals surface area contributed by atoms with Gasteiger partial charge in [0.15, 0.2) is 0 Å². The van der Waals surface area contributed by atoms with Gasteiger partial charge in [-0.15, -0.1) is 0 Å². The zero-order valence-corrected chi connectivity index (χ0v) is 6.22. The fourth-order valence-electron chi connectivity index (χ4n) is 0.479. The third kappa shape index (κ3) is 5.63. The molecule has 1 amide bonds. The van der Waals surface area contributed by atoms with E-state index >= 15 is 0 Å². The highest BCUT2D eigenvalue weighted by Gasteiger charge is 1.92. The van der Waals surface area contributed by atoms with Gasteiger partial charge in [-0.1, -0.05) is 0 Å². The van der Waals surface area contributed by atoms with E-state index in [2.05, 4.69) is 5.32 Å². The molecular weight excluding hydrogens is 129 g/mol. The van der Waals surface area contributed by atoms with Crippen molar-refractivity contribution in [1.29, 1.82) is 0 Å². The molecule has 10 heavy (non-hydrogen) atoms. The minimum Gasteiger partial charge on any atom is -0.380 e. The van der Waals surface area contributed by atoms with E-state index in [0.717, 1.165) is 0 Å². The van der Waals surface area contributed by atoms with E-state index in [1.54, 1.807) is 0 Å². The van der Waals surface area contributed by atoms with Crippen LogP contribution in [0, 0.1) is 0 Å². The Morgan fingerprint density at radius 3 is 2.90 bits per heavy atom. The molecule has 0 rings (SSSR count). The molecule has 0 fully saturated rings. The Bertz CT molecular complexity index is 97.7. The second-order valence-corrected chi connectivity index (χ2v) is 1.75. The highest BCUT2D eigenvalue weighted by molar-refractivity contribution is 6.19. The molecule has 2 radical (unpaired) electrons. The Hall–Kier alpha value is -0.505. The number of hydrogen-bond acceptors (Lipinski definition) is 2. The Morgan fingerprint density at radius 2 is 2.40 bits per heavy atom. The van der Waals surface area contributed by atoms with Gasteiger partial charge in [0.05, 0.1) is 14.5 Å². The summed E-state index contributed by atoms with van der Waals surface area (Å²) in [6, 6.07) is 0. The number of ether oxygens (including phenoxy) is 1. The molecule has 0 aliphatic rings. The van der Waals surface area contributed by atoms with Gasteiger partial charge in [-0.2, -0.15) is 0 Å². The van der Waals surface area contributed by atoms with Crippen molar-refractivity contribution >= 4 is 13.8 Å². The van der Waals surface area contributed by atoms with Crippen LogP contribution in [0.15, 0.2) is 0 Å². The van der Waals surface area contributed by atoms with E-state index in [9.17, 15) is 4.79 Å². The van der Waals surface area contributed by atoms with Gasteiger partial charge in [0, 0.05) is 13.2 Å². The monoisotopic (exact) mass is 141 g/mol. The van der Waals surface area contributed by atoms with Crippen LogP contribution in [-0.4, -0.2) is 33.5 Å². The van der Waals surface area contributed by atoms with Crippen molar-refractivity contribution in [2.45, 2.75) is 13.2 Å². The summed E-state index contributed by atoms with van der Waals surface area (Å²) in [5.41, 5.74) is 0. The molecule has 0 aromatic rings. The first kappa shape index (κ1) is 9.49. The Balaban J connectivity index is 2.96. The van der Waals surface area contributed by atoms with Crippen LogP contribution in [0.5, 0.6) is 0 Å². The van der Waals surface area contributed by atoms with Crippen molar-refractivity contribution in [3.8, 4) is 0 Å². The molecule has 0 aliphatic heterocycles. The lowest BCUT2D eigenvalue weighted by atomic mass is 10.1. The largest absolute Gasteiger partial charge is 0.380 e. The molecule has 0 spiro atoms. The molecule has 0 saturated carbocycles. The number of nitrogens with one attached hydrogen (secondary N) is 1. The summed E-state index contributed by atoms with van der Waals surface area (Å²) >= 11 is 0. The minimum atomic E-state index is -0.139. The van der Waals surface area contributed by atoms with E-state index in [0.29, 0.717) is 19.8 Å². The number of amides is 1. The second-order valence-electron chi connectivity index (χ2n) is 1.75. The van der Waals surface area contributed by atoms with Gasteiger partial charge >= 0.3 is 0 Å². The molecule has 0 aromatic heterocycles. The smallest absolute Gasteiger partial charge is 0.211 e. The summed E-state index contributed by atoms with van der Waals surface area (Å²) in [7, 11) is 5.03. The predicted molar refractivity (Wildman–Crippen MR) is 40.1 cm³/mol. The molecule has 4 heteroatoms. The van der Waals surface area contributed by atoms with Gasteiger partial charge < -0.3 is 10.1 Å². The van der Waals surface area contributed by atoms with Crippen LogP contribution >= 0.6 is 0 Å². The maximum atomic E-state index is 10.5. The number of hydrogen-bond donors (Lipinski definition) is 1. The van der Waals surface area contributed by atoms with Gasteiger partial charge in [0.25, 0.3) is 0 Å². The van der Waals surface area contributed by atoms with Crippen LogP contribution in [0.1, 0.15) is 6.92 Å². The first-order chi connectivity index (χ1) is 4.81. The molecular formula is C6H12BNO2.